The molecule has 0 saturated carbocycles. The van der Waals surface area contributed by atoms with E-state index in [0.717, 1.165) is 37.8 Å². The van der Waals surface area contributed by atoms with Gasteiger partial charge < -0.3 is 19.3 Å². The molecule has 2 aliphatic heterocycles. The third kappa shape index (κ3) is 7.26. The Morgan fingerprint density at radius 2 is 1.53 bits per heavy atom. The highest BCUT2D eigenvalue weighted by Gasteiger charge is 2.40. The number of sulfone groups is 1. The molecule has 2 aromatic carbocycles. The lowest BCUT2D eigenvalue weighted by Gasteiger charge is -2.47. The lowest BCUT2D eigenvalue weighted by Crippen LogP contribution is -2.49. The minimum Gasteiger partial charge on any atom is -0.456 e. The number of aromatic nitrogens is 1. The normalized spacial score (nSPS) is 17.2. The largest absolute Gasteiger partial charge is 0.456 e. The van der Waals surface area contributed by atoms with Crippen LogP contribution in [-0.2, 0) is 14.6 Å². The van der Waals surface area contributed by atoms with Gasteiger partial charge in [0.25, 0.3) is 0 Å². The van der Waals surface area contributed by atoms with Gasteiger partial charge in [-0.2, -0.15) is 0 Å². The van der Waals surface area contributed by atoms with Gasteiger partial charge in [0.15, 0.2) is 21.5 Å². The van der Waals surface area contributed by atoms with Crippen LogP contribution in [0.25, 0.3) is 11.1 Å². The fourth-order valence-corrected chi connectivity index (χ4v) is 6.68. The highest BCUT2D eigenvalue weighted by atomic mass is 32.2. The molecule has 1 aromatic heterocycles. The predicted molar refractivity (Wildman–Crippen MR) is 160 cm³/mol. The zero-order valence-corrected chi connectivity index (χ0v) is 25.7. The molecule has 43 heavy (non-hydrogen) atoms. The van der Waals surface area contributed by atoms with Crippen LogP contribution in [0.2, 0.25) is 0 Å². The number of ether oxygens (including phenoxy) is 2. The highest BCUT2D eigenvalue weighted by molar-refractivity contribution is 7.90. The average Bonchev–Trinajstić information content (AvgIpc) is 2.94. The van der Waals surface area contributed by atoms with Crippen LogP contribution >= 0.6 is 0 Å². The van der Waals surface area contributed by atoms with Crippen LogP contribution < -0.4 is 9.64 Å². The molecule has 0 unspecified atom stereocenters. The molecule has 1 spiro atoms. The number of halogens is 2. The molecule has 11 heteroatoms. The fraction of sp³-hybridized carbons (Fsp3) is 0.438. The number of carbonyl (C=O) groups is 1. The van der Waals surface area contributed by atoms with Gasteiger partial charge in [0.2, 0.25) is 0 Å². The first-order valence-electron chi connectivity index (χ1n) is 14.4. The van der Waals surface area contributed by atoms with E-state index in [-0.39, 0.29) is 16.4 Å². The summed E-state index contributed by atoms with van der Waals surface area (Å²) < 4.78 is 64.4. The number of rotatable bonds is 5. The maximum Gasteiger partial charge on any atom is 0.410 e. The minimum absolute atomic E-state index is 0.120. The van der Waals surface area contributed by atoms with E-state index >= 15 is 0 Å². The molecule has 0 bridgehead atoms. The van der Waals surface area contributed by atoms with E-state index in [2.05, 4.69) is 9.88 Å². The van der Waals surface area contributed by atoms with Gasteiger partial charge in [-0.1, -0.05) is 6.07 Å². The Morgan fingerprint density at radius 1 is 0.860 bits per heavy atom. The van der Waals surface area contributed by atoms with Crippen molar-refractivity contribution >= 4 is 21.6 Å². The number of pyridine rings is 1. The minimum atomic E-state index is -3.60. The molecule has 3 aromatic rings. The van der Waals surface area contributed by atoms with Crippen LogP contribution in [-0.4, -0.2) is 62.4 Å². The first-order chi connectivity index (χ1) is 20.2. The first-order valence-corrected chi connectivity index (χ1v) is 16.3. The van der Waals surface area contributed by atoms with E-state index in [9.17, 15) is 22.0 Å². The lowest BCUT2D eigenvalue weighted by molar-refractivity contribution is 0.00664. The Kier molecular flexibility index (Phi) is 8.39. The van der Waals surface area contributed by atoms with Crippen molar-refractivity contribution in [2.24, 2.45) is 5.41 Å². The third-order valence-corrected chi connectivity index (χ3v) is 9.30. The summed E-state index contributed by atoms with van der Waals surface area (Å²) in [5.41, 5.74) is 1.18. The van der Waals surface area contributed by atoms with Crippen LogP contribution in [0.15, 0.2) is 59.8 Å². The molecule has 2 saturated heterocycles. The maximum atomic E-state index is 13.8. The Morgan fingerprint density at radius 3 is 2.16 bits per heavy atom. The SMILES string of the molecule is CC(C)(C)OC(=O)N1CCC2(CC1)CCN(c1ccc(Oc3cncc(-c4ccc(F)c(F)c4)c3)cc1S(C)(=O)=O)CC2. The number of amides is 1. The van der Waals surface area contributed by atoms with E-state index in [1.165, 1.54) is 30.8 Å². The zero-order chi connectivity index (χ0) is 31.0. The third-order valence-electron chi connectivity index (χ3n) is 8.17. The summed E-state index contributed by atoms with van der Waals surface area (Å²) in [5, 5.41) is 0. The number of piperidine rings is 2. The summed E-state index contributed by atoms with van der Waals surface area (Å²) in [5.74, 6) is -1.26. The number of likely N-dealkylation sites (tertiary alicyclic amines) is 1. The van der Waals surface area contributed by atoms with Gasteiger partial charge in [-0.05, 0) is 87.8 Å². The zero-order valence-electron chi connectivity index (χ0n) is 24.9. The van der Waals surface area contributed by atoms with Crippen molar-refractivity contribution in [1.82, 2.24) is 9.88 Å². The molecular formula is C32H37F2N3O5S. The van der Waals surface area contributed by atoms with Gasteiger partial charge in [0.1, 0.15) is 17.1 Å². The summed E-state index contributed by atoms with van der Waals surface area (Å²) in [6, 6.07) is 10.2. The molecule has 0 radical (unpaired) electrons. The van der Waals surface area contributed by atoms with Crippen LogP contribution in [0.1, 0.15) is 46.5 Å². The Bertz CT molecular complexity index is 1610. The summed E-state index contributed by atoms with van der Waals surface area (Å²) in [4.78, 5) is 20.7. The molecule has 230 valence electrons. The van der Waals surface area contributed by atoms with Crippen molar-refractivity contribution < 1.29 is 31.5 Å². The van der Waals surface area contributed by atoms with Crippen LogP contribution in [0, 0.1) is 17.0 Å². The molecule has 0 atom stereocenters. The first kappa shape index (κ1) is 30.7. The second kappa shape index (κ2) is 11.7. The summed E-state index contributed by atoms with van der Waals surface area (Å²) in [6.07, 6.45) is 7.47. The van der Waals surface area contributed by atoms with Gasteiger partial charge in [0.05, 0.1) is 16.8 Å². The second-order valence-corrected chi connectivity index (χ2v) is 14.5. The van der Waals surface area contributed by atoms with Crippen molar-refractivity contribution in [3.05, 3.63) is 66.5 Å². The van der Waals surface area contributed by atoms with Crippen LogP contribution in [0.5, 0.6) is 11.5 Å². The molecule has 1 amide bonds. The van der Waals surface area contributed by atoms with E-state index in [1.807, 2.05) is 20.8 Å². The van der Waals surface area contributed by atoms with Crippen molar-refractivity contribution in [1.29, 1.82) is 0 Å². The van der Waals surface area contributed by atoms with E-state index in [0.29, 0.717) is 54.5 Å². The van der Waals surface area contributed by atoms with Crippen molar-refractivity contribution in [2.45, 2.75) is 57.0 Å². The van der Waals surface area contributed by atoms with Gasteiger partial charge in [0, 0.05) is 50.3 Å². The topological polar surface area (TPSA) is 89.0 Å². The van der Waals surface area contributed by atoms with E-state index < -0.39 is 27.1 Å². The lowest BCUT2D eigenvalue weighted by atomic mass is 9.71. The fourth-order valence-electron chi connectivity index (χ4n) is 5.77. The predicted octanol–water partition coefficient (Wildman–Crippen LogP) is 6.84. The Balaban J connectivity index is 1.27. The second-order valence-electron chi connectivity index (χ2n) is 12.5. The quantitative estimate of drug-likeness (QED) is 0.311. The van der Waals surface area contributed by atoms with Gasteiger partial charge in [-0.15, -0.1) is 0 Å². The van der Waals surface area contributed by atoms with Gasteiger partial charge in [-0.3, -0.25) is 4.98 Å². The summed E-state index contributed by atoms with van der Waals surface area (Å²) in [7, 11) is -3.60. The molecule has 2 aliphatic rings. The molecule has 0 N–H and O–H groups in total. The number of benzene rings is 2. The maximum absolute atomic E-state index is 13.8. The standard InChI is InChI=1S/C32H37F2N3O5S/c1-31(2,3)42-30(38)37-15-11-32(12-16-37)9-13-36(14-10-32)28-8-6-24(19-29(28)43(4,39)40)41-25-17-23(20-35-21-25)22-5-7-26(33)27(34)18-22/h5-8,17-21H,9-16H2,1-4H3. The van der Waals surface area contributed by atoms with Crippen LogP contribution in [0.4, 0.5) is 19.3 Å². The summed E-state index contributed by atoms with van der Waals surface area (Å²) >= 11 is 0. The number of hydrogen-bond acceptors (Lipinski definition) is 7. The van der Waals surface area contributed by atoms with Gasteiger partial charge >= 0.3 is 6.09 Å². The molecule has 2 fully saturated rings. The Labute approximate surface area is 251 Å². The molecule has 0 aliphatic carbocycles. The molecule has 5 rings (SSSR count). The monoisotopic (exact) mass is 613 g/mol. The van der Waals surface area contributed by atoms with Crippen LogP contribution in [0.3, 0.4) is 0 Å². The molecular weight excluding hydrogens is 576 g/mol. The van der Waals surface area contributed by atoms with Crippen molar-refractivity contribution in [3.8, 4) is 22.6 Å². The Hall–Kier alpha value is -3.73. The van der Waals surface area contributed by atoms with Crippen molar-refractivity contribution in [3.63, 3.8) is 0 Å². The molecule has 8 nitrogen and oxygen atoms in total. The summed E-state index contributed by atoms with van der Waals surface area (Å²) in [6.45, 7) is 8.31. The van der Waals surface area contributed by atoms with Gasteiger partial charge in [-0.25, -0.2) is 22.0 Å². The highest BCUT2D eigenvalue weighted by Crippen LogP contribution is 2.43. The number of hydrogen-bond donors (Lipinski definition) is 0. The number of nitrogens with zero attached hydrogens (tertiary/aromatic N) is 3. The van der Waals surface area contributed by atoms with E-state index in [4.69, 9.17) is 9.47 Å². The number of carbonyl (C=O) groups excluding carboxylic acids is 1. The number of anilines is 1. The van der Waals surface area contributed by atoms with E-state index in [1.54, 1.807) is 23.1 Å². The average molecular weight is 614 g/mol. The molecule has 3 heterocycles. The van der Waals surface area contributed by atoms with Crippen molar-refractivity contribution in [2.75, 3.05) is 37.3 Å². The smallest absolute Gasteiger partial charge is 0.410 e.